The van der Waals surface area contributed by atoms with Crippen molar-refractivity contribution in [3.05, 3.63) is 12.2 Å². The van der Waals surface area contributed by atoms with Gasteiger partial charge in [0.25, 0.3) is 0 Å². The molecule has 0 aromatic carbocycles. The van der Waals surface area contributed by atoms with E-state index in [-0.39, 0.29) is 0 Å². The van der Waals surface area contributed by atoms with Crippen LogP contribution in [0.5, 0.6) is 0 Å². The third kappa shape index (κ3) is 5.21. The SMILES string of the molecule is C=C(C)/C=N\N(C)C. The van der Waals surface area contributed by atoms with Crippen LogP contribution >= 0.6 is 0 Å². The van der Waals surface area contributed by atoms with Crippen LogP contribution in [-0.4, -0.2) is 25.3 Å². The van der Waals surface area contributed by atoms with E-state index in [1.165, 1.54) is 0 Å². The van der Waals surface area contributed by atoms with Crippen LogP contribution < -0.4 is 0 Å². The van der Waals surface area contributed by atoms with Crippen LogP contribution in [0.25, 0.3) is 0 Å². The lowest BCUT2D eigenvalue weighted by atomic mass is 10.4. The van der Waals surface area contributed by atoms with Gasteiger partial charge in [-0.2, -0.15) is 5.10 Å². The topological polar surface area (TPSA) is 15.6 Å². The molecule has 0 saturated heterocycles. The minimum absolute atomic E-state index is 0.971. The van der Waals surface area contributed by atoms with Crippen LogP contribution in [0, 0.1) is 0 Å². The molecule has 0 fully saturated rings. The van der Waals surface area contributed by atoms with E-state index in [0.29, 0.717) is 0 Å². The van der Waals surface area contributed by atoms with Gasteiger partial charge in [0.2, 0.25) is 0 Å². The fraction of sp³-hybridized carbons (Fsp3) is 0.500. The highest BCUT2D eigenvalue weighted by molar-refractivity contribution is 5.76. The highest BCUT2D eigenvalue weighted by atomic mass is 15.4. The Balaban J connectivity index is 3.50. The van der Waals surface area contributed by atoms with Crippen molar-refractivity contribution < 1.29 is 0 Å². The van der Waals surface area contributed by atoms with Crippen molar-refractivity contribution in [2.24, 2.45) is 5.10 Å². The molecule has 0 aliphatic rings. The Kier molecular flexibility index (Phi) is 2.92. The van der Waals surface area contributed by atoms with Gasteiger partial charge in [-0.25, -0.2) is 0 Å². The fourth-order valence-electron chi connectivity index (χ4n) is 0.214. The van der Waals surface area contributed by atoms with Crippen LogP contribution in [-0.2, 0) is 0 Å². The Morgan fingerprint density at radius 1 is 1.62 bits per heavy atom. The largest absolute Gasteiger partial charge is 0.303 e. The van der Waals surface area contributed by atoms with E-state index in [2.05, 4.69) is 11.7 Å². The maximum Gasteiger partial charge on any atom is 0.0493 e. The first-order valence-corrected chi connectivity index (χ1v) is 2.49. The first-order valence-electron chi connectivity index (χ1n) is 2.49. The van der Waals surface area contributed by atoms with E-state index in [0.717, 1.165) is 5.57 Å². The molecule has 0 rings (SSSR count). The zero-order valence-corrected chi connectivity index (χ0v) is 5.68. The molecule has 0 bridgehead atoms. The smallest absolute Gasteiger partial charge is 0.0493 e. The Hall–Kier alpha value is -0.790. The van der Waals surface area contributed by atoms with Gasteiger partial charge in [0.15, 0.2) is 0 Å². The average molecular weight is 112 g/mol. The summed E-state index contributed by atoms with van der Waals surface area (Å²) in [6.45, 7) is 5.56. The predicted molar refractivity (Wildman–Crippen MR) is 37.0 cm³/mol. The molecule has 0 unspecified atom stereocenters. The van der Waals surface area contributed by atoms with E-state index in [4.69, 9.17) is 0 Å². The second kappa shape index (κ2) is 3.24. The summed E-state index contributed by atoms with van der Waals surface area (Å²) in [6, 6.07) is 0. The van der Waals surface area contributed by atoms with Crippen molar-refractivity contribution in [1.82, 2.24) is 5.01 Å². The highest BCUT2D eigenvalue weighted by Gasteiger charge is 1.75. The van der Waals surface area contributed by atoms with E-state index < -0.39 is 0 Å². The van der Waals surface area contributed by atoms with Crippen LogP contribution in [0.1, 0.15) is 6.92 Å². The molecule has 0 aromatic rings. The highest BCUT2D eigenvalue weighted by Crippen LogP contribution is 1.80. The van der Waals surface area contributed by atoms with E-state index in [1.807, 2.05) is 21.0 Å². The van der Waals surface area contributed by atoms with Crippen molar-refractivity contribution in [2.45, 2.75) is 6.92 Å². The lowest BCUT2D eigenvalue weighted by Gasteiger charge is -2.00. The summed E-state index contributed by atoms with van der Waals surface area (Å²) in [5.41, 5.74) is 0.971. The summed E-state index contributed by atoms with van der Waals surface area (Å²) in [5, 5.41) is 5.66. The number of nitrogens with zero attached hydrogens (tertiary/aromatic N) is 2. The summed E-state index contributed by atoms with van der Waals surface area (Å²) in [5.74, 6) is 0. The van der Waals surface area contributed by atoms with Crippen molar-refractivity contribution in [3.8, 4) is 0 Å². The van der Waals surface area contributed by atoms with E-state index >= 15 is 0 Å². The summed E-state index contributed by atoms with van der Waals surface area (Å²) >= 11 is 0. The Bertz CT molecular complexity index is 103. The Labute approximate surface area is 50.5 Å². The van der Waals surface area contributed by atoms with Crippen LogP contribution in [0.2, 0.25) is 0 Å². The predicted octanol–water partition coefficient (Wildman–Crippen LogP) is 1.11. The second-order valence-corrected chi connectivity index (χ2v) is 1.94. The van der Waals surface area contributed by atoms with Crippen LogP contribution in [0.4, 0.5) is 0 Å². The van der Waals surface area contributed by atoms with Crippen LogP contribution in [0.3, 0.4) is 0 Å². The molecule has 0 aliphatic heterocycles. The average Bonchev–Trinajstić information content (AvgIpc) is 1.61. The first kappa shape index (κ1) is 7.21. The van der Waals surface area contributed by atoms with Crippen LogP contribution in [0.15, 0.2) is 17.3 Å². The monoisotopic (exact) mass is 112 g/mol. The number of hydrazone groups is 1. The van der Waals surface area contributed by atoms with Gasteiger partial charge in [0, 0.05) is 20.3 Å². The molecule has 46 valence electrons. The summed E-state index contributed by atoms with van der Waals surface area (Å²) in [7, 11) is 3.75. The number of rotatable bonds is 2. The van der Waals surface area contributed by atoms with Gasteiger partial charge in [-0.1, -0.05) is 6.58 Å². The molecule has 2 heteroatoms. The van der Waals surface area contributed by atoms with Crippen molar-refractivity contribution >= 4 is 6.21 Å². The fourth-order valence-corrected chi connectivity index (χ4v) is 0.214. The second-order valence-electron chi connectivity index (χ2n) is 1.94. The molecule has 0 amide bonds. The molecule has 0 radical (unpaired) electrons. The third-order valence-electron chi connectivity index (χ3n) is 0.509. The van der Waals surface area contributed by atoms with Crippen molar-refractivity contribution in [2.75, 3.05) is 14.1 Å². The van der Waals surface area contributed by atoms with E-state index in [9.17, 15) is 0 Å². The lowest BCUT2D eigenvalue weighted by Crippen LogP contribution is -2.01. The third-order valence-corrected chi connectivity index (χ3v) is 0.509. The zero-order valence-electron chi connectivity index (χ0n) is 5.68. The summed E-state index contributed by atoms with van der Waals surface area (Å²) in [6.07, 6.45) is 1.72. The quantitative estimate of drug-likeness (QED) is 0.386. The van der Waals surface area contributed by atoms with Gasteiger partial charge in [-0.05, 0) is 12.5 Å². The first-order chi connectivity index (χ1) is 3.63. The molecule has 2 nitrogen and oxygen atoms in total. The van der Waals surface area contributed by atoms with E-state index in [1.54, 1.807) is 11.2 Å². The van der Waals surface area contributed by atoms with Gasteiger partial charge in [-0.15, -0.1) is 0 Å². The Morgan fingerprint density at radius 2 is 2.12 bits per heavy atom. The summed E-state index contributed by atoms with van der Waals surface area (Å²) < 4.78 is 0. The molecule has 0 aromatic heterocycles. The number of hydrogen-bond acceptors (Lipinski definition) is 2. The maximum atomic E-state index is 3.93. The van der Waals surface area contributed by atoms with Gasteiger partial charge in [0.1, 0.15) is 0 Å². The number of hydrogen-bond donors (Lipinski definition) is 0. The molecular formula is C6H12N2. The number of allylic oxidation sites excluding steroid dienone is 1. The molecule has 0 spiro atoms. The molecule has 0 aliphatic carbocycles. The molecular weight excluding hydrogens is 100 g/mol. The maximum absolute atomic E-state index is 3.93. The van der Waals surface area contributed by atoms with Gasteiger partial charge in [-0.3, -0.25) is 0 Å². The summed E-state index contributed by atoms with van der Waals surface area (Å²) in [4.78, 5) is 0. The normalized spacial score (nSPS) is 9.88. The van der Waals surface area contributed by atoms with Crippen molar-refractivity contribution in [1.29, 1.82) is 0 Å². The molecule has 0 atom stereocenters. The molecule has 0 saturated carbocycles. The van der Waals surface area contributed by atoms with Gasteiger partial charge in [0.05, 0.1) is 0 Å². The zero-order chi connectivity index (χ0) is 6.57. The lowest BCUT2D eigenvalue weighted by molar-refractivity contribution is 0.440. The van der Waals surface area contributed by atoms with Crippen molar-refractivity contribution in [3.63, 3.8) is 0 Å². The standard InChI is InChI=1S/C6H12N2/c1-6(2)5-7-8(3)4/h5H,1H2,2-4H3/b7-5-. The van der Waals surface area contributed by atoms with Gasteiger partial charge < -0.3 is 5.01 Å². The molecule has 0 N–H and O–H groups in total. The Morgan fingerprint density at radius 3 is 2.25 bits per heavy atom. The molecule has 8 heavy (non-hydrogen) atoms. The minimum atomic E-state index is 0.971. The van der Waals surface area contributed by atoms with Gasteiger partial charge >= 0.3 is 0 Å². The molecule has 0 heterocycles. The minimum Gasteiger partial charge on any atom is -0.303 e.